The summed E-state index contributed by atoms with van der Waals surface area (Å²) in [6.07, 6.45) is 2.39. The molecule has 0 saturated carbocycles. The number of fused-ring (bicyclic) bond motifs is 1. The Kier molecular flexibility index (Phi) is 5.71. The first-order chi connectivity index (χ1) is 14.5. The van der Waals surface area contributed by atoms with Crippen molar-refractivity contribution in [2.45, 2.75) is 12.5 Å². The van der Waals surface area contributed by atoms with E-state index in [1.165, 1.54) is 6.33 Å². The van der Waals surface area contributed by atoms with Gasteiger partial charge in [-0.05, 0) is 23.8 Å². The van der Waals surface area contributed by atoms with Crippen molar-refractivity contribution in [1.29, 1.82) is 0 Å². The van der Waals surface area contributed by atoms with Gasteiger partial charge >= 0.3 is 6.09 Å². The Hall–Kier alpha value is -3.33. The average Bonchev–Trinajstić information content (AvgIpc) is 3.23. The topological polar surface area (TPSA) is 114 Å². The molecule has 10 heteroatoms. The quantitative estimate of drug-likeness (QED) is 0.573. The third-order valence-corrected chi connectivity index (χ3v) is 5.42. The van der Waals surface area contributed by atoms with Crippen molar-refractivity contribution in [1.82, 2.24) is 25.2 Å². The van der Waals surface area contributed by atoms with Crippen LogP contribution in [-0.2, 0) is 11.2 Å². The van der Waals surface area contributed by atoms with Gasteiger partial charge in [0.1, 0.15) is 17.9 Å². The molecule has 1 unspecified atom stereocenters. The molecule has 0 spiro atoms. The lowest BCUT2D eigenvalue weighted by molar-refractivity contribution is -0.133. The van der Waals surface area contributed by atoms with Crippen molar-refractivity contribution >= 4 is 40.5 Å². The van der Waals surface area contributed by atoms with Gasteiger partial charge in [0, 0.05) is 43.8 Å². The monoisotopic (exact) mass is 428 g/mol. The predicted molar refractivity (Wildman–Crippen MR) is 113 cm³/mol. The summed E-state index contributed by atoms with van der Waals surface area (Å²) in [6.45, 7) is 2.14. The van der Waals surface area contributed by atoms with E-state index in [2.05, 4.69) is 25.2 Å². The minimum atomic E-state index is -1.23. The highest BCUT2D eigenvalue weighted by atomic mass is 35.5. The molecule has 9 nitrogen and oxygen atoms in total. The Bertz CT molecular complexity index is 1050. The first-order valence-corrected chi connectivity index (χ1v) is 9.95. The summed E-state index contributed by atoms with van der Waals surface area (Å²) in [6, 6.07) is 8.06. The van der Waals surface area contributed by atoms with Gasteiger partial charge in [-0.1, -0.05) is 23.7 Å². The number of halogens is 1. The van der Waals surface area contributed by atoms with E-state index < -0.39 is 12.1 Å². The molecular weight excluding hydrogens is 408 g/mol. The summed E-state index contributed by atoms with van der Waals surface area (Å²) in [5, 5.41) is 12.1. The zero-order valence-corrected chi connectivity index (χ0v) is 16.8. The largest absolute Gasteiger partial charge is 0.465 e. The van der Waals surface area contributed by atoms with E-state index in [4.69, 9.17) is 11.6 Å². The molecule has 1 saturated heterocycles. The van der Waals surface area contributed by atoms with Gasteiger partial charge in [0.25, 0.3) is 0 Å². The van der Waals surface area contributed by atoms with E-state index in [-0.39, 0.29) is 12.3 Å². The molecule has 3 heterocycles. The lowest BCUT2D eigenvalue weighted by Gasteiger charge is -2.37. The smallest absolute Gasteiger partial charge is 0.405 e. The Morgan fingerprint density at radius 3 is 2.57 bits per heavy atom. The average molecular weight is 429 g/mol. The fourth-order valence-corrected chi connectivity index (χ4v) is 3.79. The standard InChI is InChI=1S/C20H21ClN6O3/c21-14-3-1-13(2-4-14)11-16(25-20(29)30)19(28)27-9-7-26(8-10-27)18-17-15(5-6-22-17)23-12-24-18/h1-6,12,16,22,25H,7-11H2,(H,29,30). The van der Waals surface area contributed by atoms with Crippen molar-refractivity contribution in [3.05, 3.63) is 53.4 Å². The maximum absolute atomic E-state index is 13.0. The number of hydrogen-bond acceptors (Lipinski definition) is 5. The van der Waals surface area contributed by atoms with Crippen molar-refractivity contribution in [3.8, 4) is 0 Å². The van der Waals surface area contributed by atoms with Crippen molar-refractivity contribution in [3.63, 3.8) is 0 Å². The summed E-state index contributed by atoms with van der Waals surface area (Å²) < 4.78 is 0. The van der Waals surface area contributed by atoms with Crippen LogP contribution in [0.4, 0.5) is 10.6 Å². The van der Waals surface area contributed by atoms with Gasteiger partial charge in [0.2, 0.25) is 5.91 Å². The molecule has 1 aliphatic rings. The van der Waals surface area contributed by atoms with E-state index in [0.29, 0.717) is 31.2 Å². The summed E-state index contributed by atoms with van der Waals surface area (Å²) >= 11 is 5.91. The minimum Gasteiger partial charge on any atom is -0.465 e. The second kappa shape index (κ2) is 8.58. The van der Waals surface area contributed by atoms with Gasteiger partial charge in [-0.15, -0.1) is 0 Å². The highest BCUT2D eigenvalue weighted by Gasteiger charge is 2.29. The van der Waals surface area contributed by atoms with Crippen LogP contribution in [-0.4, -0.2) is 69.2 Å². The molecule has 0 bridgehead atoms. The first kappa shape index (κ1) is 20.0. The number of nitrogens with zero attached hydrogens (tertiary/aromatic N) is 4. The molecule has 0 aliphatic carbocycles. The molecule has 1 aromatic carbocycles. The van der Waals surface area contributed by atoms with Crippen molar-refractivity contribution in [2.75, 3.05) is 31.1 Å². The SMILES string of the molecule is O=C(O)NC(Cc1ccc(Cl)cc1)C(=O)N1CCN(c2ncnc3cc[nH]c23)CC1. The van der Waals surface area contributed by atoms with E-state index in [0.717, 1.165) is 22.4 Å². The molecular formula is C20H21ClN6O3. The van der Waals surface area contributed by atoms with Crippen molar-refractivity contribution in [2.24, 2.45) is 0 Å². The number of amides is 2. The van der Waals surface area contributed by atoms with E-state index in [9.17, 15) is 14.7 Å². The number of benzene rings is 1. The summed E-state index contributed by atoms with van der Waals surface area (Å²) in [5.41, 5.74) is 2.54. The number of piperazine rings is 1. The summed E-state index contributed by atoms with van der Waals surface area (Å²) in [7, 11) is 0. The number of carboxylic acid groups (broad SMARTS) is 1. The zero-order chi connectivity index (χ0) is 21.1. The molecule has 3 aromatic rings. The molecule has 156 valence electrons. The van der Waals surface area contributed by atoms with Crippen LogP contribution in [0, 0.1) is 0 Å². The normalized spacial score (nSPS) is 15.2. The highest BCUT2D eigenvalue weighted by Crippen LogP contribution is 2.22. The lowest BCUT2D eigenvalue weighted by Crippen LogP contribution is -2.55. The molecule has 1 fully saturated rings. The van der Waals surface area contributed by atoms with Crippen LogP contribution >= 0.6 is 11.6 Å². The minimum absolute atomic E-state index is 0.236. The highest BCUT2D eigenvalue weighted by molar-refractivity contribution is 6.30. The number of hydrogen-bond donors (Lipinski definition) is 3. The van der Waals surface area contributed by atoms with Crippen LogP contribution in [0.1, 0.15) is 5.56 Å². The molecule has 0 radical (unpaired) electrons. The number of aromatic nitrogens is 3. The maximum Gasteiger partial charge on any atom is 0.405 e. The number of carbonyl (C=O) groups is 2. The van der Waals surface area contributed by atoms with Gasteiger partial charge in [0.15, 0.2) is 5.82 Å². The molecule has 30 heavy (non-hydrogen) atoms. The molecule has 2 amide bonds. The zero-order valence-electron chi connectivity index (χ0n) is 16.1. The van der Waals surface area contributed by atoms with Crippen LogP contribution in [0.15, 0.2) is 42.9 Å². The van der Waals surface area contributed by atoms with Crippen molar-refractivity contribution < 1.29 is 14.7 Å². The van der Waals surface area contributed by atoms with E-state index in [1.807, 2.05) is 12.3 Å². The van der Waals surface area contributed by atoms with Crippen LogP contribution in [0.2, 0.25) is 5.02 Å². The second-order valence-corrected chi connectivity index (χ2v) is 7.52. The van der Waals surface area contributed by atoms with Gasteiger partial charge in [-0.2, -0.15) is 0 Å². The molecule has 2 aromatic heterocycles. The van der Waals surface area contributed by atoms with Gasteiger partial charge < -0.3 is 25.2 Å². The Morgan fingerprint density at radius 1 is 1.13 bits per heavy atom. The fourth-order valence-electron chi connectivity index (χ4n) is 3.66. The van der Waals surface area contributed by atoms with Crippen LogP contribution in [0.25, 0.3) is 11.0 Å². The van der Waals surface area contributed by atoms with E-state index in [1.54, 1.807) is 29.2 Å². The van der Waals surface area contributed by atoms with Gasteiger partial charge in [0.05, 0.1) is 5.52 Å². The molecule has 1 atom stereocenters. The third-order valence-electron chi connectivity index (χ3n) is 5.17. The van der Waals surface area contributed by atoms with Crippen LogP contribution in [0.5, 0.6) is 0 Å². The van der Waals surface area contributed by atoms with Crippen LogP contribution in [0.3, 0.4) is 0 Å². The lowest BCUT2D eigenvalue weighted by atomic mass is 10.0. The molecule has 4 rings (SSSR count). The summed E-state index contributed by atoms with van der Waals surface area (Å²) in [5.74, 6) is 0.568. The molecule has 3 N–H and O–H groups in total. The van der Waals surface area contributed by atoms with E-state index >= 15 is 0 Å². The maximum atomic E-state index is 13.0. The van der Waals surface area contributed by atoms with Gasteiger partial charge in [-0.3, -0.25) is 4.79 Å². The Balaban J connectivity index is 1.43. The Labute approximate surface area is 177 Å². The number of aromatic amines is 1. The predicted octanol–water partition coefficient (Wildman–Crippen LogP) is 2.14. The molecule has 1 aliphatic heterocycles. The number of H-pyrrole nitrogens is 1. The number of nitrogens with one attached hydrogen (secondary N) is 2. The second-order valence-electron chi connectivity index (χ2n) is 7.08. The fraction of sp³-hybridized carbons (Fsp3) is 0.300. The number of anilines is 1. The third kappa shape index (κ3) is 4.30. The van der Waals surface area contributed by atoms with Crippen LogP contribution < -0.4 is 10.2 Å². The first-order valence-electron chi connectivity index (χ1n) is 9.57. The number of carbonyl (C=O) groups excluding carboxylic acids is 1. The summed E-state index contributed by atoms with van der Waals surface area (Å²) in [4.78, 5) is 39.9. The number of rotatable bonds is 5. The van der Waals surface area contributed by atoms with Gasteiger partial charge in [-0.25, -0.2) is 14.8 Å². The Morgan fingerprint density at radius 2 is 1.87 bits per heavy atom.